The first-order chi connectivity index (χ1) is 19.5. The largest absolute Gasteiger partial charge is 0.488 e. The van der Waals surface area contributed by atoms with Gasteiger partial charge in [0.15, 0.2) is 5.76 Å². The SMILES string of the molecule is O=C(O)c1ccc(COc2ccc(Br)cc2C=Nn2c(-c3cc4ccccc4o3)nc3ccccc3c2=O)cc1. The molecule has 0 radical (unpaired) electrons. The molecular formula is C31H20BrN3O5. The van der Waals surface area contributed by atoms with Crippen LogP contribution in [0.15, 0.2) is 116 Å². The summed E-state index contributed by atoms with van der Waals surface area (Å²) < 4.78 is 14.1. The fourth-order valence-electron chi connectivity index (χ4n) is 4.26. The Morgan fingerprint density at radius 3 is 2.58 bits per heavy atom. The molecule has 0 fully saturated rings. The van der Waals surface area contributed by atoms with E-state index in [4.69, 9.17) is 19.2 Å². The van der Waals surface area contributed by atoms with Gasteiger partial charge in [-0.15, -0.1) is 0 Å². The molecule has 6 aromatic rings. The quantitative estimate of drug-likeness (QED) is 0.206. The molecular weight excluding hydrogens is 574 g/mol. The second-order valence-electron chi connectivity index (χ2n) is 8.94. The van der Waals surface area contributed by atoms with Crippen LogP contribution in [-0.4, -0.2) is 27.0 Å². The summed E-state index contributed by atoms with van der Waals surface area (Å²) in [5.41, 5.74) is 2.50. The lowest BCUT2D eigenvalue weighted by molar-refractivity contribution is 0.0697. The normalized spacial score (nSPS) is 11.4. The molecule has 40 heavy (non-hydrogen) atoms. The Kier molecular flexibility index (Phi) is 6.71. The standard InChI is InChI=1S/C31H20BrN3O5/c32-23-13-14-26(39-18-19-9-11-20(12-10-19)31(37)38)22(15-23)17-33-35-29(28-16-21-5-1-4-8-27(21)40-28)34-25-7-3-2-6-24(25)30(35)36/h1-17H,18H2,(H,37,38). The average molecular weight is 594 g/mol. The number of aromatic carboxylic acids is 1. The molecule has 8 nitrogen and oxygen atoms in total. The van der Waals surface area contributed by atoms with E-state index in [1.165, 1.54) is 23.0 Å². The maximum absolute atomic E-state index is 13.6. The van der Waals surface area contributed by atoms with E-state index in [0.717, 1.165) is 15.4 Å². The number of hydrogen-bond donors (Lipinski definition) is 1. The Balaban J connectivity index is 1.39. The molecule has 0 saturated carbocycles. The maximum atomic E-state index is 13.6. The highest BCUT2D eigenvalue weighted by Crippen LogP contribution is 2.28. The molecule has 196 valence electrons. The fourth-order valence-corrected chi connectivity index (χ4v) is 4.64. The molecule has 0 bridgehead atoms. The van der Waals surface area contributed by atoms with Crippen molar-refractivity contribution in [1.29, 1.82) is 0 Å². The number of carboxylic acids is 1. The van der Waals surface area contributed by atoms with E-state index in [1.807, 2.05) is 48.5 Å². The van der Waals surface area contributed by atoms with Crippen molar-refractivity contribution >= 4 is 50.0 Å². The third-order valence-electron chi connectivity index (χ3n) is 6.28. The number of hydrogen-bond acceptors (Lipinski definition) is 6. The Bertz CT molecular complexity index is 1940. The summed E-state index contributed by atoms with van der Waals surface area (Å²) in [5.74, 6) is 0.226. The Morgan fingerprint density at radius 1 is 1.00 bits per heavy atom. The summed E-state index contributed by atoms with van der Waals surface area (Å²) >= 11 is 3.49. The number of benzene rings is 4. The van der Waals surface area contributed by atoms with Crippen molar-refractivity contribution in [2.75, 3.05) is 0 Å². The molecule has 6 rings (SSSR count). The fraction of sp³-hybridized carbons (Fsp3) is 0.0323. The van der Waals surface area contributed by atoms with E-state index in [0.29, 0.717) is 33.6 Å². The number of furan rings is 1. The molecule has 2 heterocycles. The number of rotatable bonds is 7. The first-order valence-electron chi connectivity index (χ1n) is 12.3. The van der Waals surface area contributed by atoms with Crippen LogP contribution in [-0.2, 0) is 6.61 Å². The van der Waals surface area contributed by atoms with Gasteiger partial charge in [0, 0.05) is 15.4 Å². The second kappa shape index (κ2) is 10.6. The highest BCUT2D eigenvalue weighted by molar-refractivity contribution is 9.10. The van der Waals surface area contributed by atoms with Crippen molar-refractivity contribution in [3.63, 3.8) is 0 Å². The molecule has 0 spiro atoms. The second-order valence-corrected chi connectivity index (χ2v) is 9.85. The third-order valence-corrected chi connectivity index (χ3v) is 6.77. The maximum Gasteiger partial charge on any atom is 0.335 e. The number of aromatic nitrogens is 2. The highest BCUT2D eigenvalue weighted by Gasteiger charge is 2.16. The van der Waals surface area contributed by atoms with Crippen LogP contribution in [0.5, 0.6) is 5.75 Å². The first-order valence-corrected chi connectivity index (χ1v) is 13.1. The molecule has 2 aromatic heterocycles. The molecule has 0 aliphatic heterocycles. The first kappa shape index (κ1) is 25.3. The van der Waals surface area contributed by atoms with Crippen LogP contribution in [0.2, 0.25) is 0 Å². The van der Waals surface area contributed by atoms with Gasteiger partial charge in [-0.25, -0.2) is 9.78 Å². The molecule has 0 amide bonds. The van der Waals surface area contributed by atoms with Crippen molar-refractivity contribution in [2.24, 2.45) is 5.10 Å². The predicted octanol–water partition coefficient (Wildman–Crippen LogP) is 6.73. The van der Waals surface area contributed by atoms with E-state index < -0.39 is 5.97 Å². The van der Waals surface area contributed by atoms with E-state index in [9.17, 15) is 9.59 Å². The van der Waals surface area contributed by atoms with Crippen LogP contribution in [0.25, 0.3) is 33.5 Å². The number of carboxylic acid groups (broad SMARTS) is 1. The lowest BCUT2D eigenvalue weighted by Gasteiger charge is -2.11. The number of para-hydroxylation sites is 2. The summed E-state index contributed by atoms with van der Waals surface area (Å²) in [7, 11) is 0. The Morgan fingerprint density at radius 2 is 1.77 bits per heavy atom. The van der Waals surface area contributed by atoms with Gasteiger partial charge >= 0.3 is 5.97 Å². The number of halogens is 1. The van der Waals surface area contributed by atoms with Crippen molar-refractivity contribution in [3.05, 3.63) is 129 Å². The van der Waals surface area contributed by atoms with Crippen molar-refractivity contribution in [1.82, 2.24) is 9.66 Å². The molecule has 4 aromatic carbocycles. The van der Waals surface area contributed by atoms with Gasteiger partial charge in [0.2, 0.25) is 5.82 Å². The van der Waals surface area contributed by atoms with Gasteiger partial charge in [0.1, 0.15) is 17.9 Å². The molecule has 0 aliphatic carbocycles. The van der Waals surface area contributed by atoms with Gasteiger partial charge in [-0.3, -0.25) is 4.79 Å². The minimum absolute atomic E-state index is 0.204. The number of nitrogens with zero attached hydrogens (tertiary/aromatic N) is 3. The molecule has 1 N–H and O–H groups in total. The van der Waals surface area contributed by atoms with Crippen LogP contribution in [0.3, 0.4) is 0 Å². The van der Waals surface area contributed by atoms with E-state index in [2.05, 4.69) is 21.0 Å². The van der Waals surface area contributed by atoms with Gasteiger partial charge < -0.3 is 14.3 Å². The molecule has 0 aliphatic rings. The zero-order valence-electron chi connectivity index (χ0n) is 20.8. The van der Waals surface area contributed by atoms with Gasteiger partial charge in [0.05, 0.1) is 22.7 Å². The lowest BCUT2D eigenvalue weighted by atomic mass is 10.1. The average Bonchev–Trinajstić information content (AvgIpc) is 3.41. The summed E-state index contributed by atoms with van der Waals surface area (Å²) in [6, 6.07) is 28.4. The van der Waals surface area contributed by atoms with Crippen LogP contribution in [0, 0.1) is 0 Å². The van der Waals surface area contributed by atoms with Crippen LogP contribution >= 0.6 is 15.9 Å². The van der Waals surface area contributed by atoms with E-state index in [-0.39, 0.29) is 23.6 Å². The minimum Gasteiger partial charge on any atom is -0.488 e. The van der Waals surface area contributed by atoms with Gasteiger partial charge in [0.25, 0.3) is 5.56 Å². The minimum atomic E-state index is -0.987. The summed E-state index contributed by atoms with van der Waals surface area (Å²) in [6.07, 6.45) is 1.54. The van der Waals surface area contributed by atoms with Gasteiger partial charge in [-0.2, -0.15) is 9.78 Å². The summed E-state index contributed by atoms with van der Waals surface area (Å²) in [4.78, 5) is 29.4. The van der Waals surface area contributed by atoms with Crippen LogP contribution < -0.4 is 10.3 Å². The molecule has 0 unspecified atom stereocenters. The Hall–Kier alpha value is -5.02. The van der Waals surface area contributed by atoms with E-state index in [1.54, 1.807) is 36.4 Å². The Labute approximate surface area is 235 Å². The summed E-state index contributed by atoms with van der Waals surface area (Å²) in [6.45, 7) is 0.212. The monoisotopic (exact) mass is 593 g/mol. The smallest absolute Gasteiger partial charge is 0.335 e. The van der Waals surface area contributed by atoms with Crippen molar-refractivity contribution < 1.29 is 19.1 Å². The third kappa shape index (κ3) is 5.02. The van der Waals surface area contributed by atoms with Gasteiger partial charge in [-0.05, 0) is 60.2 Å². The zero-order valence-corrected chi connectivity index (χ0v) is 22.4. The summed E-state index contributed by atoms with van der Waals surface area (Å²) in [5, 5.41) is 15.0. The lowest BCUT2D eigenvalue weighted by Crippen LogP contribution is -2.20. The number of ether oxygens (including phenoxy) is 1. The topological polar surface area (TPSA) is 107 Å². The van der Waals surface area contributed by atoms with Gasteiger partial charge in [-0.1, -0.05) is 58.4 Å². The molecule has 0 atom stereocenters. The van der Waals surface area contributed by atoms with E-state index >= 15 is 0 Å². The number of carbonyl (C=O) groups is 1. The molecule has 0 saturated heterocycles. The predicted molar refractivity (Wildman–Crippen MR) is 156 cm³/mol. The van der Waals surface area contributed by atoms with Crippen molar-refractivity contribution in [2.45, 2.75) is 6.61 Å². The number of fused-ring (bicyclic) bond motifs is 2. The highest BCUT2D eigenvalue weighted by atomic mass is 79.9. The van der Waals surface area contributed by atoms with Crippen LogP contribution in [0.4, 0.5) is 0 Å². The van der Waals surface area contributed by atoms with Crippen LogP contribution in [0.1, 0.15) is 21.5 Å². The zero-order chi connectivity index (χ0) is 27.6. The molecule has 9 heteroatoms. The van der Waals surface area contributed by atoms with Crippen molar-refractivity contribution in [3.8, 4) is 17.3 Å².